The molecule has 0 bridgehead atoms. The van der Waals surface area contributed by atoms with Gasteiger partial charge in [-0.15, -0.1) is 0 Å². The molecule has 0 unspecified atom stereocenters. The number of thioether (sulfide) groups is 1. The van der Waals surface area contributed by atoms with E-state index in [0.29, 0.717) is 31.1 Å². The molecule has 1 aliphatic rings. The van der Waals surface area contributed by atoms with Crippen LogP contribution in [0.15, 0.2) is 47.4 Å². The van der Waals surface area contributed by atoms with Gasteiger partial charge in [0.15, 0.2) is 0 Å². The fraction of sp³-hybridized carbons (Fsp3) is 0.316. The average molecular weight is 441 g/mol. The maximum Gasteiger partial charge on any atom is 0.257 e. The van der Waals surface area contributed by atoms with E-state index in [2.05, 4.69) is 5.32 Å². The molecule has 6 nitrogen and oxygen atoms in total. The molecule has 1 saturated heterocycles. The van der Waals surface area contributed by atoms with Crippen LogP contribution < -0.4 is 10.1 Å². The highest BCUT2D eigenvalue weighted by Crippen LogP contribution is 2.26. The minimum absolute atomic E-state index is 0.0700. The van der Waals surface area contributed by atoms with Crippen molar-refractivity contribution in [1.29, 1.82) is 0 Å². The Balaban J connectivity index is 1.81. The van der Waals surface area contributed by atoms with Crippen molar-refractivity contribution in [3.8, 4) is 5.75 Å². The van der Waals surface area contributed by atoms with E-state index in [1.54, 1.807) is 36.0 Å². The molecule has 2 aromatic rings. The van der Waals surface area contributed by atoms with Crippen LogP contribution in [0.25, 0.3) is 0 Å². The van der Waals surface area contributed by atoms with Gasteiger partial charge >= 0.3 is 0 Å². The Bertz CT molecular complexity index is 943. The van der Waals surface area contributed by atoms with Gasteiger partial charge in [-0.2, -0.15) is 16.1 Å². The molecule has 0 radical (unpaired) electrons. The van der Waals surface area contributed by atoms with Crippen molar-refractivity contribution in [2.45, 2.75) is 11.8 Å². The van der Waals surface area contributed by atoms with Gasteiger partial charge < -0.3 is 10.1 Å². The Kier molecular flexibility index (Phi) is 6.87. The first kappa shape index (κ1) is 21.0. The van der Waals surface area contributed by atoms with Crippen molar-refractivity contribution in [2.75, 3.05) is 36.5 Å². The van der Waals surface area contributed by atoms with E-state index in [-0.39, 0.29) is 15.5 Å². The molecule has 3 rings (SSSR count). The zero-order chi connectivity index (χ0) is 20.1. The van der Waals surface area contributed by atoms with Gasteiger partial charge in [-0.3, -0.25) is 4.79 Å². The lowest BCUT2D eigenvalue weighted by Crippen LogP contribution is -2.37. The third kappa shape index (κ3) is 4.81. The summed E-state index contributed by atoms with van der Waals surface area (Å²) in [5, 5.41) is 2.93. The van der Waals surface area contributed by atoms with E-state index >= 15 is 0 Å². The van der Waals surface area contributed by atoms with E-state index in [4.69, 9.17) is 16.3 Å². The minimum atomic E-state index is -3.65. The fourth-order valence-electron chi connectivity index (χ4n) is 2.77. The molecule has 0 aromatic heterocycles. The van der Waals surface area contributed by atoms with Gasteiger partial charge in [0, 0.05) is 30.3 Å². The molecule has 1 N–H and O–H groups in total. The number of halogens is 1. The van der Waals surface area contributed by atoms with E-state index < -0.39 is 15.9 Å². The summed E-state index contributed by atoms with van der Waals surface area (Å²) in [6, 6.07) is 11.1. The highest BCUT2D eigenvalue weighted by atomic mass is 35.5. The first-order chi connectivity index (χ1) is 13.4. The molecule has 1 fully saturated rings. The number of ether oxygens (including phenoxy) is 1. The Morgan fingerprint density at radius 3 is 2.50 bits per heavy atom. The second-order valence-electron chi connectivity index (χ2n) is 6.07. The Hall–Kier alpha value is -1.74. The number of hydrogen-bond donors (Lipinski definition) is 1. The third-order valence-corrected chi connectivity index (χ3v) is 7.38. The Morgan fingerprint density at radius 2 is 1.86 bits per heavy atom. The summed E-state index contributed by atoms with van der Waals surface area (Å²) in [4.78, 5) is 12.7. The number of rotatable bonds is 6. The third-order valence-electron chi connectivity index (χ3n) is 4.21. The van der Waals surface area contributed by atoms with Gasteiger partial charge in [0.1, 0.15) is 5.75 Å². The summed E-state index contributed by atoms with van der Waals surface area (Å²) < 4.78 is 32.5. The normalized spacial score (nSPS) is 15.2. The summed E-state index contributed by atoms with van der Waals surface area (Å²) in [5.74, 6) is 1.75. The highest BCUT2D eigenvalue weighted by Gasteiger charge is 2.27. The van der Waals surface area contributed by atoms with Gasteiger partial charge in [0.25, 0.3) is 5.91 Å². The molecule has 1 aliphatic heterocycles. The van der Waals surface area contributed by atoms with Crippen molar-refractivity contribution in [1.82, 2.24) is 4.31 Å². The number of nitrogens with zero attached hydrogens (tertiary/aromatic N) is 1. The maximum atomic E-state index is 12.9. The molecular formula is C19H21ClN2O4S2. The molecule has 2 aromatic carbocycles. The largest absolute Gasteiger partial charge is 0.494 e. The van der Waals surface area contributed by atoms with Gasteiger partial charge in [-0.05, 0) is 49.4 Å². The van der Waals surface area contributed by atoms with Crippen molar-refractivity contribution in [3.05, 3.63) is 53.1 Å². The number of hydrogen-bond acceptors (Lipinski definition) is 5. The predicted molar refractivity (Wildman–Crippen MR) is 113 cm³/mol. The monoisotopic (exact) mass is 440 g/mol. The van der Waals surface area contributed by atoms with E-state index in [9.17, 15) is 13.2 Å². The van der Waals surface area contributed by atoms with Crippen molar-refractivity contribution < 1.29 is 17.9 Å². The Labute approximate surface area is 174 Å². The summed E-state index contributed by atoms with van der Waals surface area (Å²) in [5.41, 5.74) is 0.675. The number of sulfonamides is 1. The van der Waals surface area contributed by atoms with Crippen LogP contribution in [0, 0.1) is 0 Å². The Morgan fingerprint density at radius 1 is 1.18 bits per heavy atom. The molecule has 150 valence electrons. The summed E-state index contributed by atoms with van der Waals surface area (Å²) in [7, 11) is -3.65. The number of carbonyl (C=O) groups excluding carboxylic acids is 1. The van der Waals surface area contributed by atoms with Crippen LogP contribution in [-0.4, -0.2) is 49.8 Å². The van der Waals surface area contributed by atoms with Gasteiger partial charge in [-0.25, -0.2) is 8.42 Å². The second-order valence-corrected chi connectivity index (χ2v) is 9.64. The number of amides is 1. The molecule has 0 atom stereocenters. The van der Waals surface area contributed by atoms with Gasteiger partial charge in [0.2, 0.25) is 10.0 Å². The number of benzene rings is 2. The molecular weight excluding hydrogens is 420 g/mol. The van der Waals surface area contributed by atoms with Crippen molar-refractivity contribution in [3.63, 3.8) is 0 Å². The van der Waals surface area contributed by atoms with Gasteiger partial charge in [0.05, 0.1) is 22.1 Å². The van der Waals surface area contributed by atoms with E-state index in [0.717, 1.165) is 11.5 Å². The standard InChI is InChI=1S/C19H21ClN2O4S2/c1-2-26-15-5-3-14(4-6-15)21-19(23)17-13-16(7-8-18(17)20)28(24,25)22-9-11-27-12-10-22/h3-8,13H,2,9-12H2,1H3,(H,21,23). The van der Waals surface area contributed by atoms with E-state index in [1.165, 1.54) is 22.5 Å². The topological polar surface area (TPSA) is 75.7 Å². The number of anilines is 1. The first-order valence-corrected chi connectivity index (χ1v) is 11.8. The second kappa shape index (κ2) is 9.17. The van der Waals surface area contributed by atoms with Crippen LogP contribution in [0.2, 0.25) is 5.02 Å². The SMILES string of the molecule is CCOc1ccc(NC(=O)c2cc(S(=O)(=O)N3CCSCC3)ccc2Cl)cc1. The lowest BCUT2D eigenvalue weighted by Gasteiger charge is -2.25. The minimum Gasteiger partial charge on any atom is -0.494 e. The summed E-state index contributed by atoms with van der Waals surface area (Å²) in [6.45, 7) is 3.37. The van der Waals surface area contributed by atoms with Crippen LogP contribution in [-0.2, 0) is 10.0 Å². The lowest BCUT2D eigenvalue weighted by atomic mass is 10.2. The average Bonchev–Trinajstić information content (AvgIpc) is 2.70. The fourth-order valence-corrected chi connectivity index (χ4v) is 5.58. The van der Waals surface area contributed by atoms with Crippen LogP contribution in [0.3, 0.4) is 0 Å². The molecule has 9 heteroatoms. The van der Waals surface area contributed by atoms with Crippen LogP contribution in [0.5, 0.6) is 5.75 Å². The highest BCUT2D eigenvalue weighted by molar-refractivity contribution is 7.99. The summed E-state index contributed by atoms with van der Waals surface area (Å²) >= 11 is 7.89. The van der Waals surface area contributed by atoms with Crippen LogP contribution >= 0.6 is 23.4 Å². The first-order valence-electron chi connectivity index (χ1n) is 8.83. The van der Waals surface area contributed by atoms with Crippen molar-refractivity contribution in [2.24, 2.45) is 0 Å². The van der Waals surface area contributed by atoms with Gasteiger partial charge in [-0.1, -0.05) is 11.6 Å². The molecule has 0 aliphatic carbocycles. The lowest BCUT2D eigenvalue weighted by molar-refractivity contribution is 0.102. The number of carbonyl (C=O) groups is 1. The smallest absolute Gasteiger partial charge is 0.257 e. The molecule has 0 spiro atoms. The van der Waals surface area contributed by atoms with Crippen LogP contribution in [0.1, 0.15) is 17.3 Å². The quantitative estimate of drug-likeness (QED) is 0.740. The molecule has 28 heavy (non-hydrogen) atoms. The molecule has 1 amide bonds. The zero-order valence-electron chi connectivity index (χ0n) is 15.4. The maximum absolute atomic E-state index is 12.9. The zero-order valence-corrected chi connectivity index (χ0v) is 17.7. The van der Waals surface area contributed by atoms with Crippen molar-refractivity contribution >= 4 is 45.0 Å². The number of nitrogens with one attached hydrogen (secondary N) is 1. The summed E-state index contributed by atoms with van der Waals surface area (Å²) in [6.07, 6.45) is 0. The van der Waals surface area contributed by atoms with E-state index in [1.807, 2.05) is 6.92 Å². The van der Waals surface area contributed by atoms with Crippen LogP contribution in [0.4, 0.5) is 5.69 Å². The molecule has 1 heterocycles. The predicted octanol–water partition coefficient (Wildman–Crippen LogP) is 3.73. The molecule has 0 saturated carbocycles.